The third-order valence-corrected chi connectivity index (χ3v) is 13.3. The minimum absolute atomic E-state index is 0.0389. The highest BCUT2D eigenvalue weighted by molar-refractivity contribution is 6.99. The van der Waals surface area contributed by atoms with Gasteiger partial charge in [-0.05, 0) is 65.0 Å². The van der Waals surface area contributed by atoms with Gasteiger partial charge in [0.05, 0.1) is 6.61 Å². The Morgan fingerprint density at radius 2 is 1.32 bits per heavy atom. The number of benzene rings is 4. The van der Waals surface area contributed by atoms with Crippen molar-refractivity contribution in [2.45, 2.75) is 71.6 Å². The monoisotopic (exact) mass is 567 g/mol. The summed E-state index contributed by atoms with van der Waals surface area (Å²) in [6, 6.07) is 35.8. The lowest BCUT2D eigenvalue weighted by Crippen LogP contribution is -2.67. The van der Waals surface area contributed by atoms with Gasteiger partial charge in [-0.2, -0.15) is 0 Å². The maximum absolute atomic E-state index is 13.7. The number of nitrogens with zero attached hydrogens (tertiary/aromatic N) is 1. The third kappa shape index (κ3) is 6.42. The van der Waals surface area contributed by atoms with Crippen LogP contribution in [0.2, 0.25) is 5.04 Å². The fraction of sp³-hybridized carbons (Fsp3) is 0.361. The third-order valence-electron chi connectivity index (χ3n) is 8.27. The summed E-state index contributed by atoms with van der Waals surface area (Å²) in [6.07, 6.45) is 0.352. The van der Waals surface area contributed by atoms with Crippen LogP contribution in [0.3, 0.4) is 0 Å². The molecule has 0 aliphatic carbocycles. The van der Waals surface area contributed by atoms with E-state index in [2.05, 4.69) is 107 Å². The van der Waals surface area contributed by atoms with Crippen LogP contribution >= 0.6 is 0 Å². The lowest BCUT2D eigenvalue weighted by atomic mass is 9.91. The standard InChI is InChI=1S/C36H45NO3Si/c1-8-36(7,31-24-23-29-17-15-16-18-30(29)27-31)40-34(38)37(28(2)3)25-26-39-41(35(4,5)6,32-19-11-9-12-20-32)33-21-13-10-14-22-33/h9-24,27-28H,8,25-26H2,1-7H3/t36-/m0/s1. The van der Waals surface area contributed by atoms with Crippen molar-refractivity contribution in [1.82, 2.24) is 4.90 Å². The first kappa shape index (κ1) is 30.5. The second kappa shape index (κ2) is 12.6. The molecule has 0 fully saturated rings. The minimum atomic E-state index is -2.70. The van der Waals surface area contributed by atoms with Crippen LogP contribution in [0.5, 0.6) is 0 Å². The zero-order chi connectivity index (χ0) is 29.7. The summed E-state index contributed by atoms with van der Waals surface area (Å²) in [4.78, 5) is 15.5. The molecule has 5 heteroatoms. The summed E-state index contributed by atoms with van der Waals surface area (Å²) in [6.45, 7) is 15.8. The summed E-state index contributed by atoms with van der Waals surface area (Å²) in [5.41, 5.74) is 0.256. The molecule has 0 N–H and O–H groups in total. The number of amides is 1. The lowest BCUT2D eigenvalue weighted by Gasteiger charge is -2.43. The number of rotatable bonds is 10. The number of hydrogen-bond donors (Lipinski definition) is 0. The predicted molar refractivity (Wildman–Crippen MR) is 173 cm³/mol. The molecule has 4 aromatic carbocycles. The molecule has 0 unspecified atom stereocenters. The first-order valence-corrected chi connectivity index (χ1v) is 16.7. The van der Waals surface area contributed by atoms with Crippen molar-refractivity contribution in [3.8, 4) is 0 Å². The average molecular weight is 568 g/mol. The molecule has 0 spiro atoms. The maximum Gasteiger partial charge on any atom is 0.410 e. The second-order valence-electron chi connectivity index (χ2n) is 12.3. The predicted octanol–water partition coefficient (Wildman–Crippen LogP) is 7.89. The fourth-order valence-corrected chi connectivity index (χ4v) is 10.3. The summed E-state index contributed by atoms with van der Waals surface area (Å²) >= 11 is 0. The van der Waals surface area contributed by atoms with Crippen LogP contribution in [-0.4, -0.2) is 38.5 Å². The van der Waals surface area contributed by atoms with Crippen LogP contribution in [-0.2, 0) is 14.8 Å². The van der Waals surface area contributed by atoms with Crippen LogP contribution in [0.15, 0.2) is 103 Å². The summed E-state index contributed by atoms with van der Waals surface area (Å²) in [5, 5.41) is 4.64. The summed E-state index contributed by atoms with van der Waals surface area (Å²) in [5.74, 6) is 0. The molecule has 0 saturated heterocycles. The Balaban J connectivity index is 1.58. The van der Waals surface area contributed by atoms with Crippen molar-refractivity contribution in [2.24, 2.45) is 0 Å². The molecule has 41 heavy (non-hydrogen) atoms. The largest absolute Gasteiger partial charge is 0.438 e. The minimum Gasteiger partial charge on any atom is -0.438 e. The van der Waals surface area contributed by atoms with Gasteiger partial charge in [0.25, 0.3) is 8.32 Å². The van der Waals surface area contributed by atoms with E-state index in [-0.39, 0.29) is 17.2 Å². The molecule has 0 aromatic heterocycles. The van der Waals surface area contributed by atoms with Gasteiger partial charge in [-0.15, -0.1) is 0 Å². The number of fused-ring (bicyclic) bond motifs is 1. The quantitative estimate of drug-likeness (QED) is 0.183. The van der Waals surface area contributed by atoms with Crippen molar-refractivity contribution >= 4 is 35.6 Å². The van der Waals surface area contributed by atoms with E-state index >= 15 is 0 Å². The molecule has 0 heterocycles. The second-order valence-corrected chi connectivity index (χ2v) is 16.6. The molecule has 4 aromatic rings. The summed E-state index contributed by atoms with van der Waals surface area (Å²) in [7, 11) is -2.70. The normalized spacial score (nSPS) is 13.7. The van der Waals surface area contributed by atoms with E-state index in [1.165, 1.54) is 15.8 Å². The molecule has 1 atom stereocenters. The van der Waals surface area contributed by atoms with Gasteiger partial charge in [-0.1, -0.05) is 125 Å². The number of carbonyl (C=O) groups excluding carboxylic acids is 1. The van der Waals surface area contributed by atoms with E-state index in [9.17, 15) is 4.79 Å². The molecule has 0 radical (unpaired) electrons. The van der Waals surface area contributed by atoms with E-state index in [4.69, 9.17) is 9.16 Å². The van der Waals surface area contributed by atoms with Crippen LogP contribution in [0.4, 0.5) is 4.79 Å². The van der Waals surface area contributed by atoms with Crippen LogP contribution in [0, 0.1) is 0 Å². The van der Waals surface area contributed by atoms with Gasteiger partial charge in [-0.3, -0.25) is 0 Å². The van der Waals surface area contributed by atoms with E-state index < -0.39 is 13.9 Å². The maximum atomic E-state index is 13.7. The fourth-order valence-electron chi connectivity index (χ4n) is 5.72. The molecule has 4 nitrogen and oxygen atoms in total. The molecule has 0 aliphatic heterocycles. The van der Waals surface area contributed by atoms with Gasteiger partial charge in [-0.25, -0.2) is 4.79 Å². The van der Waals surface area contributed by atoms with E-state index in [0.29, 0.717) is 19.6 Å². The number of carbonyl (C=O) groups is 1. The Morgan fingerprint density at radius 3 is 1.83 bits per heavy atom. The van der Waals surface area contributed by atoms with Gasteiger partial charge < -0.3 is 14.1 Å². The molecule has 0 saturated carbocycles. The van der Waals surface area contributed by atoms with E-state index in [0.717, 1.165) is 10.9 Å². The SMILES string of the molecule is CC[C@](C)(OC(=O)N(CCO[Si](c1ccccc1)(c1ccccc1)C(C)(C)C)C(C)C)c1ccc2ccccc2c1. The Kier molecular flexibility index (Phi) is 9.40. The van der Waals surface area contributed by atoms with Crippen molar-refractivity contribution in [3.63, 3.8) is 0 Å². The number of ether oxygens (including phenoxy) is 1. The average Bonchev–Trinajstić information content (AvgIpc) is 2.97. The first-order chi connectivity index (χ1) is 19.5. The molecule has 216 valence electrons. The van der Waals surface area contributed by atoms with Crippen molar-refractivity contribution in [1.29, 1.82) is 0 Å². The summed E-state index contributed by atoms with van der Waals surface area (Å²) < 4.78 is 13.4. The van der Waals surface area contributed by atoms with Gasteiger partial charge in [0.15, 0.2) is 0 Å². The van der Waals surface area contributed by atoms with Crippen molar-refractivity contribution in [3.05, 3.63) is 109 Å². The Bertz CT molecular complexity index is 1390. The van der Waals surface area contributed by atoms with Crippen LogP contribution in [0.25, 0.3) is 10.8 Å². The van der Waals surface area contributed by atoms with Gasteiger partial charge in [0, 0.05) is 12.6 Å². The highest BCUT2D eigenvalue weighted by Crippen LogP contribution is 2.37. The molecule has 0 aliphatic rings. The van der Waals surface area contributed by atoms with Crippen molar-refractivity contribution < 1.29 is 14.0 Å². The van der Waals surface area contributed by atoms with Crippen LogP contribution in [0.1, 0.15) is 60.5 Å². The van der Waals surface area contributed by atoms with Crippen LogP contribution < -0.4 is 10.4 Å². The Morgan fingerprint density at radius 1 is 0.780 bits per heavy atom. The lowest BCUT2D eigenvalue weighted by molar-refractivity contribution is -0.0106. The zero-order valence-corrected chi connectivity index (χ0v) is 26.7. The Labute approximate surface area is 247 Å². The van der Waals surface area contributed by atoms with E-state index in [1.807, 2.05) is 45.0 Å². The topological polar surface area (TPSA) is 38.8 Å². The molecule has 1 amide bonds. The smallest absolute Gasteiger partial charge is 0.410 e. The molecular weight excluding hydrogens is 522 g/mol. The Hall–Kier alpha value is -3.41. The van der Waals surface area contributed by atoms with Gasteiger partial charge in [0.1, 0.15) is 5.60 Å². The first-order valence-electron chi connectivity index (χ1n) is 14.8. The highest BCUT2D eigenvalue weighted by atomic mass is 28.4. The van der Waals surface area contributed by atoms with Crippen molar-refractivity contribution in [2.75, 3.05) is 13.2 Å². The van der Waals surface area contributed by atoms with E-state index in [1.54, 1.807) is 4.90 Å². The highest BCUT2D eigenvalue weighted by Gasteiger charge is 2.50. The molecule has 0 bridgehead atoms. The van der Waals surface area contributed by atoms with Gasteiger partial charge in [0.2, 0.25) is 0 Å². The zero-order valence-electron chi connectivity index (χ0n) is 25.7. The number of hydrogen-bond acceptors (Lipinski definition) is 3. The van der Waals surface area contributed by atoms with Gasteiger partial charge >= 0.3 is 6.09 Å². The molecular formula is C36H45NO3Si. The molecule has 4 rings (SSSR count).